The Morgan fingerprint density at radius 2 is 2.00 bits per heavy atom. The fourth-order valence-electron chi connectivity index (χ4n) is 3.70. The van der Waals surface area contributed by atoms with Crippen LogP contribution in [0.2, 0.25) is 0 Å². The smallest absolute Gasteiger partial charge is 0.269 e. The molecule has 1 aromatic carbocycles. The zero-order valence-corrected chi connectivity index (χ0v) is 15.1. The average Bonchev–Trinajstić information content (AvgIpc) is 3.40. The fraction of sp³-hybridized carbons (Fsp3) is 0.550. The van der Waals surface area contributed by atoms with Gasteiger partial charge in [0.15, 0.2) is 0 Å². The van der Waals surface area contributed by atoms with Crippen LogP contribution in [0.3, 0.4) is 0 Å². The van der Waals surface area contributed by atoms with Crippen molar-refractivity contribution >= 4 is 17.5 Å². The number of hydrogen-bond donors (Lipinski definition) is 1. The summed E-state index contributed by atoms with van der Waals surface area (Å²) in [5.74, 6) is -0.104. The van der Waals surface area contributed by atoms with Crippen LogP contribution in [0.1, 0.15) is 44.6 Å². The van der Waals surface area contributed by atoms with Gasteiger partial charge in [0.25, 0.3) is 5.91 Å². The summed E-state index contributed by atoms with van der Waals surface area (Å²) in [6.07, 6.45) is 4.28. The quantitative estimate of drug-likeness (QED) is 0.899. The van der Waals surface area contributed by atoms with Gasteiger partial charge >= 0.3 is 0 Å². The number of hydrogen-bond acceptors (Lipinski definition) is 4. The van der Waals surface area contributed by atoms with Crippen LogP contribution in [-0.4, -0.2) is 47.2 Å². The van der Waals surface area contributed by atoms with E-state index in [1.807, 2.05) is 30.3 Å². The summed E-state index contributed by atoms with van der Waals surface area (Å²) in [4.78, 5) is 32.8. The summed E-state index contributed by atoms with van der Waals surface area (Å²) < 4.78 is 0. The van der Waals surface area contributed by atoms with Crippen LogP contribution < -0.4 is 5.32 Å². The molecule has 138 valence electrons. The van der Waals surface area contributed by atoms with Gasteiger partial charge in [-0.15, -0.1) is 0 Å². The van der Waals surface area contributed by atoms with Crippen molar-refractivity contribution in [2.45, 2.75) is 50.7 Å². The largest absolute Gasteiger partial charge is 0.379 e. The van der Waals surface area contributed by atoms with Gasteiger partial charge in [0.05, 0.1) is 11.6 Å². The minimum Gasteiger partial charge on any atom is -0.379 e. The Morgan fingerprint density at radius 3 is 2.73 bits per heavy atom. The Balaban J connectivity index is 1.39. The van der Waals surface area contributed by atoms with Gasteiger partial charge < -0.3 is 15.1 Å². The van der Waals surface area contributed by atoms with Gasteiger partial charge in [-0.25, -0.2) is 0 Å². The lowest BCUT2D eigenvalue weighted by Gasteiger charge is -2.35. The third-order valence-electron chi connectivity index (χ3n) is 5.42. The Labute approximate surface area is 153 Å². The van der Waals surface area contributed by atoms with Crippen LogP contribution in [0.25, 0.3) is 0 Å². The van der Waals surface area contributed by atoms with E-state index in [9.17, 15) is 9.59 Å². The topological polar surface area (TPSA) is 71.0 Å². The highest BCUT2D eigenvalue weighted by Crippen LogP contribution is 2.30. The van der Waals surface area contributed by atoms with E-state index in [0.717, 1.165) is 37.0 Å². The number of nitrogens with zero attached hydrogens (tertiary/aromatic N) is 2. The maximum absolute atomic E-state index is 13.1. The second-order valence-corrected chi connectivity index (χ2v) is 7.78. The molecular weight excluding hydrogens is 330 g/mol. The molecule has 1 aromatic rings. The third kappa shape index (κ3) is 3.45. The molecule has 0 radical (unpaired) electrons. The highest BCUT2D eigenvalue weighted by Gasteiger charge is 2.46. The van der Waals surface area contributed by atoms with E-state index in [4.69, 9.17) is 4.84 Å². The molecule has 2 aliphatic heterocycles. The highest BCUT2D eigenvalue weighted by atomic mass is 16.7. The number of benzene rings is 1. The maximum atomic E-state index is 13.1. The number of nitrogens with one attached hydrogen (secondary N) is 1. The minimum atomic E-state index is -0.986. The summed E-state index contributed by atoms with van der Waals surface area (Å²) in [7, 11) is 0. The molecule has 1 saturated heterocycles. The molecule has 6 nitrogen and oxygen atoms in total. The van der Waals surface area contributed by atoms with Gasteiger partial charge in [-0.1, -0.05) is 35.5 Å². The van der Waals surface area contributed by atoms with Gasteiger partial charge in [-0.3, -0.25) is 9.59 Å². The number of amides is 2. The summed E-state index contributed by atoms with van der Waals surface area (Å²) in [5.41, 5.74) is 0.783. The molecule has 4 rings (SSSR count). The van der Waals surface area contributed by atoms with Crippen LogP contribution in [0.15, 0.2) is 35.5 Å². The summed E-state index contributed by atoms with van der Waals surface area (Å²) in [6.45, 7) is 2.94. The predicted molar refractivity (Wildman–Crippen MR) is 97.6 cm³/mol. The lowest BCUT2D eigenvalue weighted by molar-refractivity contribution is -0.155. The Hall–Kier alpha value is -2.37. The van der Waals surface area contributed by atoms with E-state index in [0.29, 0.717) is 25.6 Å². The highest BCUT2D eigenvalue weighted by molar-refractivity contribution is 6.05. The van der Waals surface area contributed by atoms with Gasteiger partial charge in [0, 0.05) is 25.6 Å². The minimum absolute atomic E-state index is 0.0731. The third-order valence-corrected chi connectivity index (χ3v) is 5.42. The van der Waals surface area contributed by atoms with Crippen LogP contribution in [0.5, 0.6) is 0 Å². The molecular formula is C20H25N3O3. The van der Waals surface area contributed by atoms with Crippen molar-refractivity contribution in [2.75, 3.05) is 13.1 Å². The van der Waals surface area contributed by atoms with Crippen molar-refractivity contribution in [3.8, 4) is 0 Å². The summed E-state index contributed by atoms with van der Waals surface area (Å²) in [6, 6.07) is 10.1. The zero-order chi connectivity index (χ0) is 18.1. The van der Waals surface area contributed by atoms with Crippen molar-refractivity contribution in [1.29, 1.82) is 0 Å². The number of likely N-dealkylation sites (tertiary alicyclic amines) is 1. The Bertz CT molecular complexity index is 729. The molecule has 0 unspecified atom stereocenters. The van der Waals surface area contributed by atoms with Crippen molar-refractivity contribution < 1.29 is 14.4 Å². The monoisotopic (exact) mass is 355 g/mol. The van der Waals surface area contributed by atoms with Crippen LogP contribution >= 0.6 is 0 Å². The normalized spacial score (nSPS) is 28.3. The molecule has 26 heavy (non-hydrogen) atoms. The molecule has 0 spiro atoms. The lowest BCUT2D eigenvalue weighted by atomic mass is 9.91. The molecule has 1 N–H and O–H groups in total. The average molecular weight is 355 g/mol. The van der Waals surface area contributed by atoms with E-state index in [1.54, 1.807) is 11.8 Å². The molecule has 2 amide bonds. The molecule has 1 saturated carbocycles. The summed E-state index contributed by atoms with van der Waals surface area (Å²) in [5, 5.41) is 7.23. The van der Waals surface area contributed by atoms with E-state index in [1.165, 1.54) is 0 Å². The molecule has 6 heteroatoms. The van der Waals surface area contributed by atoms with E-state index in [2.05, 4.69) is 10.5 Å². The summed E-state index contributed by atoms with van der Waals surface area (Å²) >= 11 is 0. The number of piperidine rings is 1. The maximum Gasteiger partial charge on any atom is 0.269 e. The van der Waals surface area contributed by atoms with Crippen LogP contribution in [-0.2, 0) is 14.4 Å². The van der Waals surface area contributed by atoms with Crippen molar-refractivity contribution in [3.63, 3.8) is 0 Å². The first-order valence-corrected chi connectivity index (χ1v) is 9.45. The van der Waals surface area contributed by atoms with Gasteiger partial charge in [0.2, 0.25) is 11.5 Å². The van der Waals surface area contributed by atoms with Crippen LogP contribution in [0, 0.1) is 5.92 Å². The first kappa shape index (κ1) is 17.1. The second-order valence-electron chi connectivity index (χ2n) is 7.78. The number of oxime groups is 1. The SMILES string of the molecule is C[C@@]1(C(=O)N2CCC[C@@H](C(=O)NC3CC3)C2)CC(c2ccccc2)=NO1. The van der Waals surface area contributed by atoms with Crippen molar-refractivity contribution in [1.82, 2.24) is 10.2 Å². The second kappa shape index (κ2) is 6.74. The van der Waals surface area contributed by atoms with Crippen molar-refractivity contribution in [2.24, 2.45) is 11.1 Å². The number of carbonyl (C=O) groups is 2. The van der Waals surface area contributed by atoms with Gasteiger partial charge in [-0.2, -0.15) is 0 Å². The van der Waals surface area contributed by atoms with Crippen molar-refractivity contribution in [3.05, 3.63) is 35.9 Å². The molecule has 2 atom stereocenters. The van der Waals surface area contributed by atoms with Crippen LogP contribution in [0.4, 0.5) is 0 Å². The predicted octanol–water partition coefficient (Wildman–Crippen LogP) is 2.09. The molecule has 0 aromatic heterocycles. The van der Waals surface area contributed by atoms with Gasteiger partial charge in [0.1, 0.15) is 0 Å². The Morgan fingerprint density at radius 1 is 1.23 bits per heavy atom. The molecule has 0 bridgehead atoms. The fourth-order valence-corrected chi connectivity index (χ4v) is 3.70. The first-order valence-electron chi connectivity index (χ1n) is 9.45. The number of carbonyl (C=O) groups excluding carboxylic acids is 2. The van der Waals surface area contributed by atoms with Gasteiger partial charge in [-0.05, 0) is 38.2 Å². The van der Waals surface area contributed by atoms with E-state index >= 15 is 0 Å². The lowest BCUT2D eigenvalue weighted by Crippen LogP contribution is -2.52. The zero-order valence-electron chi connectivity index (χ0n) is 15.1. The Kier molecular flexibility index (Phi) is 4.42. The number of rotatable bonds is 4. The van der Waals surface area contributed by atoms with E-state index in [-0.39, 0.29) is 17.7 Å². The standard InChI is InChI=1S/C20H25N3O3/c1-20(12-17(22-26-20)14-6-3-2-4-7-14)19(25)23-11-5-8-15(13-23)18(24)21-16-9-10-16/h2-4,6-7,15-16H,5,8-13H2,1H3,(H,21,24)/t15-,20+/m1/s1. The molecule has 1 aliphatic carbocycles. The molecule has 2 fully saturated rings. The first-order chi connectivity index (χ1) is 12.5. The molecule has 3 aliphatic rings. The van der Waals surface area contributed by atoms with E-state index < -0.39 is 5.60 Å². The molecule has 2 heterocycles.